The van der Waals surface area contributed by atoms with Crippen molar-refractivity contribution in [2.24, 2.45) is 0 Å². The van der Waals surface area contributed by atoms with Crippen molar-refractivity contribution < 1.29 is 0 Å². The fourth-order valence-corrected chi connectivity index (χ4v) is 3.52. The Morgan fingerprint density at radius 1 is 0.897 bits per heavy atom. The van der Waals surface area contributed by atoms with Crippen molar-refractivity contribution in [3.63, 3.8) is 0 Å². The summed E-state index contributed by atoms with van der Waals surface area (Å²) in [5, 5.41) is 15.3. The van der Waals surface area contributed by atoms with Crippen molar-refractivity contribution in [3.05, 3.63) is 78.9 Å². The number of aromatic amines is 1. The molecule has 1 N–H and O–H groups in total. The molecule has 0 fully saturated rings. The van der Waals surface area contributed by atoms with Crippen molar-refractivity contribution in [2.75, 3.05) is 0 Å². The van der Waals surface area contributed by atoms with Crippen molar-refractivity contribution in [1.82, 2.24) is 35.2 Å². The first-order valence-corrected chi connectivity index (χ1v) is 9.57. The lowest BCUT2D eigenvalue weighted by Gasteiger charge is -2.10. The van der Waals surface area contributed by atoms with E-state index in [0.29, 0.717) is 0 Å². The standard InChI is InChI=1S/C22H19N7/c1-2-8-17(9-3-1)21-22(19-13-12-16-7-4-5-10-18(16)24-19)29(15-23-21)14-6-11-20-25-27-28-26-20/h1-5,7-10,12-13,15H,6,11,14H2,(H,25,26,27,28). The van der Waals surface area contributed by atoms with Crippen LogP contribution < -0.4 is 0 Å². The van der Waals surface area contributed by atoms with Gasteiger partial charge in [0.25, 0.3) is 0 Å². The van der Waals surface area contributed by atoms with Gasteiger partial charge in [-0.3, -0.25) is 0 Å². The van der Waals surface area contributed by atoms with Gasteiger partial charge in [0.15, 0.2) is 5.82 Å². The molecule has 5 aromatic rings. The van der Waals surface area contributed by atoms with Crippen molar-refractivity contribution in [1.29, 1.82) is 0 Å². The molecule has 3 aromatic heterocycles. The number of aromatic nitrogens is 7. The minimum Gasteiger partial charge on any atom is -0.329 e. The third-order valence-electron chi connectivity index (χ3n) is 4.91. The zero-order chi connectivity index (χ0) is 19.5. The maximum absolute atomic E-state index is 4.92. The van der Waals surface area contributed by atoms with Crippen LogP contribution in [-0.4, -0.2) is 35.2 Å². The van der Waals surface area contributed by atoms with Gasteiger partial charge in [-0.1, -0.05) is 59.8 Å². The van der Waals surface area contributed by atoms with Gasteiger partial charge in [-0.25, -0.2) is 9.97 Å². The summed E-state index contributed by atoms with van der Waals surface area (Å²) in [6, 6.07) is 22.6. The Labute approximate surface area is 167 Å². The minimum absolute atomic E-state index is 0.721. The Balaban J connectivity index is 1.55. The SMILES string of the molecule is c1ccc(-c2ncn(CCCc3nn[nH]n3)c2-c2ccc3ccccc3n2)cc1. The smallest absolute Gasteiger partial charge is 0.174 e. The van der Waals surface area contributed by atoms with E-state index in [1.54, 1.807) is 0 Å². The Morgan fingerprint density at radius 2 is 1.76 bits per heavy atom. The van der Waals surface area contributed by atoms with Crippen LogP contribution in [0.5, 0.6) is 0 Å². The lowest BCUT2D eigenvalue weighted by molar-refractivity contribution is 0.632. The van der Waals surface area contributed by atoms with Crippen LogP contribution in [0.3, 0.4) is 0 Å². The van der Waals surface area contributed by atoms with E-state index in [1.807, 2.05) is 42.7 Å². The first kappa shape index (κ1) is 17.2. The first-order valence-electron chi connectivity index (χ1n) is 9.57. The molecule has 0 spiro atoms. The molecule has 5 rings (SSSR count). The minimum atomic E-state index is 0.721. The number of imidazole rings is 1. The van der Waals surface area contributed by atoms with Crippen LogP contribution >= 0.6 is 0 Å². The van der Waals surface area contributed by atoms with Gasteiger partial charge in [-0.2, -0.15) is 5.21 Å². The monoisotopic (exact) mass is 381 g/mol. The lowest BCUT2D eigenvalue weighted by atomic mass is 10.1. The zero-order valence-corrected chi connectivity index (χ0v) is 15.7. The van der Waals surface area contributed by atoms with Gasteiger partial charge in [-0.15, -0.1) is 10.2 Å². The van der Waals surface area contributed by atoms with Crippen LogP contribution in [-0.2, 0) is 13.0 Å². The summed E-state index contributed by atoms with van der Waals surface area (Å²) in [4.78, 5) is 9.65. The summed E-state index contributed by atoms with van der Waals surface area (Å²) in [5.41, 5.74) is 4.93. The van der Waals surface area contributed by atoms with E-state index < -0.39 is 0 Å². The van der Waals surface area contributed by atoms with Gasteiger partial charge in [0, 0.05) is 23.9 Å². The van der Waals surface area contributed by atoms with E-state index in [9.17, 15) is 0 Å². The van der Waals surface area contributed by atoms with E-state index in [2.05, 4.69) is 55.5 Å². The molecule has 142 valence electrons. The Bertz CT molecular complexity index is 1230. The molecule has 0 saturated carbocycles. The number of fused-ring (bicyclic) bond motifs is 1. The largest absolute Gasteiger partial charge is 0.329 e. The Kier molecular flexibility index (Phi) is 4.54. The number of benzene rings is 2. The second kappa shape index (κ2) is 7.63. The van der Waals surface area contributed by atoms with Crippen molar-refractivity contribution in [3.8, 4) is 22.6 Å². The van der Waals surface area contributed by atoms with Gasteiger partial charge < -0.3 is 4.57 Å². The average Bonchev–Trinajstić information content (AvgIpc) is 3.44. The van der Waals surface area contributed by atoms with Crippen molar-refractivity contribution >= 4 is 10.9 Å². The molecule has 0 radical (unpaired) electrons. The number of nitrogens with one attached hydrogen (secondary N) is 1. The Hall–Kier alpha value is -3.87. The summed E-state index contributed by atoms with van der Waals surface area (Å²) in [5.74, 6) is 0.721. The summed E-state index contributed by atoms with van der Waals surface area (Å²) in [6.07, 6.45) is 3.52. The summed E-state index contributed by atoms with van der Waals surface area (Å²) < 4.78 is 2.17. The van der Waals surface area contributed by atoms with Crippen LogP contribution in [0.4, 0.5) is 0 Å². The zero-order valence-electron chi connectivity index (χ0n) is 15.7. The molecule has 0 saturated heterocycles. The highest BCUT2D eigenvalue weighted by Gasteiger charge is 2.16. The van der Waals surface area contributed by atoms with E-state index in [1.165, 1.54) is 0 Å². The molecular formula is C22H19N7. The number of hydrogen-bond donors (Lipinski definition) is 1. The first-order chi connectivity index (χ1) is 14.4. The summed E-state index contributed by atoms with van der Waals surface area (Å²) >= 11 is 0. The van der Waals surface area contributed by atoms with Crippen LogP contribution in [0, 0.1) is 0 Å². The molecule has 0 aliphatic rings. The second-order valence-electron chi connectivity index (χ2n) is 6.82. The molecule has 3 heterocycles. The van der Waals surface area contributed by atoms with E-state index >= 15 is 0 Å². The highest BCUT2D eigenvalue weighted by atomic mass is 15.5. The van der Waals surface area contributed by atoms with Crippen LogP contribution in [0.2, 0.25) is 0 Å². The second-order valence-corrected chi connectivity index (χ2v) is 6.82. The Morgan fingerprint density at radius 3 is 2.62 bits per heavy atom. The number of pyridine rings is 1. The molecule has 0 unspecified atom stereocenters. The van der Waals surface area contributed by atoms with Gasteiger partial charge in [0.2, 0.25) is 0 Å². The average molecular weight is 381 g/mol. The number of aryl methyl sites for hydroxylation is 2. The van der Waals surface area contributed by atoms with Gasteiger partial charge in [0.1, 0.15) is 0 Å². The molecule has 0 atom stereocenters. The molecule has 0 amide bonds. The predicted molar refractivity (Wildman–Crippen MR) is 111 cm³/mol. The van der Waals surface area contributed by atoms with Crippen LogP contribution in [0.1, 0.15) is 12.2 Å². The summed E-state index contributed by atoms with van der Waals surface area (Å²) in [7, 11) is 0. The maximum atomic E-state index is 4.92. The third kappa shape index (κ3) is 3.50. The third-order valence-corrected chi connectivity index (χ3v) is 4.91. The number of nitrogens with zero attached hydrogens (tertiary/aromatic N) is 6. The fraction of sp³-hybridized carbons (Fsp3) is 0.136. The highest BCUT2D eigenvalue weighted by Crippen LogP contribution is 2.31. The maximum Gasteiger partial charge on any atom is 0.174 e. The highest BCUT2D eigenvalue weighted by molar-refractivity contribution is 5.84. The van der Waals surface area contributed by atoms with Gasteiger partial charge >= 0.3 is 0 Å². The molecule has 7 heteroatoms. The van der Waals surface area contributed by atoms with E-state index in [-0.39, 0.29) is 0 Å². The van der Waals surface area contributed by atoms with Gasteiger partial charge in [-0.05, 0) is 18.6 Å². The number of H-pyrrole nitrogens is 1. The predicted octanol–water partition coefficient (Wildman–Crippen LogP) is 3.91. The molecule has 7 nitrogen and oxygen atoms in total. The topological polar surface area (TPSA) is 85.2 Å². The molecule has 0 bridgehead atoms. The molecule has 29 heavy (non-hydrogen) atoms. The van der Waals surface area contributed by atoms with Crippen LogP contribution in [0.25, 0.3) is 33.5 Å². The van der Waals surface area contributed by atoms with Gasteiger partial charge in [0.05, 0.1) is 28.9 Å². The number of hydrogen-bond acceptors (Lipinski definition) is 5. The number of para-hydroxylation sites is 1. The van der Waals surface area contributed by atoms with E-state index in [4.69, 9.17) is 9.97 Å². The van der Waals surface area contributed by atoms with E-state index in [0.717, 1.165) is 58.8 Å². The molecular weight excluding hydrogens is 362 g/mol. The quantitative estimate of drug-likeness (QED) is 0.482. The molecule has 0 aliphatic heterocycles. The normalized spacial score (nSPS) is 11.2. The van der Waals surface area contributed by atoms with Crippen molar-refractivity contribution in [2.45, 2.75) is 19.4 Å². The molecule has 2 aromatic carbocycles. The lowest BCUT2D eigenvalue weighted by Crippen LogP contribution is -2.03. The summed E-state index contributed by atoms with van der Waals surface area (Å²) in [6.45, 7) is 0.790. The fourth-order valence-electron chi connectivity index (χ4n) is 3.52. The number of rotatable bonds is 6. The van der Waals surface area contributed by atoms with Crippen LogP contribution in [0.15, 0.2) is 73.1 Å². The number of tetrazole rings is 1. The molecule has 0 aliphatic carbocycles.